The Balaban J connectivity index is 0.000000246. The van der Waals surface area contributed by atoms with Crippen molar-refractivity contribution in [3.8, 4) is 0 Å². The number of hydrogen-bond acceptors (Lipinski definition) is 1. The topological polar surface area (TPSA) is 9.23 Å². The second-order valence-corrected chi connectivity index (χ2v) is 5.02. The Bertz CT molecular complexity index is 203. The predicted octanol–water partition coefficient (Wildman–Crippen LogP) is -1.03. The fourth-order valence-corrected chi connectivity index (χ4v) is 1.59. The van der Waals surface area contributed by atoms with Crippen LogP contribution in [0.5, 0.6) is 0 Å². The van der Waals surface area contributed by atoms with Crippen LogP contribution in [0, 0.1) is 6.92 Å². The number of rotatable bonds is 0. The van der Waals surface area contributed by atoms with Gasteiger partial charge in [0.05, 0.1) is 0 Å². The minimum Gasteiger partial charge on any atom is -1.00 e. The third-order valence-corrected chi connectivity index (χ3v) is 2.94. The average molecular weight is 264 g/mol. The van der Waals surface area contributed by atoms with E-state index in [0.717, 1.165) is 13.2 Å². The summed E-state index contributed by atoms with van der Waals surface area (Å²) in [6, 6.07) is 8.66. The van der Waals surface area contributed by atoms with Gasteiger partial charge in [-0.1, -0.05) is 0 Å². The number of benzene rings is 1. The Labute approximate surface area is 102 Å². The zero-order valence-electron chi connectivity index (χ0n) is 8.63. The van der Waals surface area contributed by atoms with E-state index in [2.05, 4.69) is 31.2 Å². The van der Waals surface area contributed by atoms with E-state index in [1.807, 2.05) is 0 Å². The maximum absolute atomic E-state index is 4.94. The molecule has 3 heteroatoms. The van der Waals surface area contributed by atoms with Gasteiger partial charge in [0.25, 0.3) is 0 Å². The maximum atomic E-state index is 4.94. The van der Waals surface area contributed by atoms with Gasteiger partial charge in [0.1, 0.15) is 0 Å². The van der Waals surface area contributed by atoms with E-state index in [1.165, 1.54) is 40.9 Å². The van der Waals surface area contributed by atoms with Gasteiger partial charge >= 0.3 is 59.2 Å². The van der Waals surface area contributed by atoms with E-state index in [9.17, 15) is 0 Å². The molecule has 1 saturated heterocycles. The molecule has 2 rings (SSSR count). The summed E-state index contributed by atoms with van der Waals surface area (Å²) in [5.74, 6) is 0. The maximum Gasteiger partial charge on any atom is -1.00 e. The molecule has 1 aromatic rings. The first-order valence-corrected chi connectivity index (χ1v) is 6.24. The standard InChI is InChI=1S/C7H7.C4H8O.ClH.Zn/c1-7-5-3-2-4-6-7;1-2-4-5-3-1;;/h3-6H,1H3;1-4H2;1H;/q;;;+1/p-1. The van der Waals surface area contributed by atoms with Crippen LogP contribution in [-0.2, 0) is 23.0 Å². The molecule has 14 heavy (non-hydrogen) atoms. The first kappa shape index (κ1) is 14.1. The minimum atomic E-state index is 0. The summed E-state index contributed by atoms with van der Waals surface area (Å²) in [5, 5.41) is 0. The van der Waals surface area contributed by atoms with Crippen molar-refractivity contribution in [2.75, 3.05) is 13.2 Å². The van der Waals surface area contributed by atoms with Gasteiger partial charge in [-0.15, -0.1) is 0 Å². The van der Waals surface area contributed by atoms with Crippen molar-refractivity contribution in [3.05, 3.63) is 29.8 Å². The third-order valence-electron chi connectivity index (χ3n) is 1.95. The summed E-state index contributed by atoms with van der Waals surface area (Å²) < 4.78 is 6.40. The molecule has 0 bridgehead atoms. The van der Waals surface area contributed by atoms with Gasteiger partial charge in [-0.05, 0) is 12.8 Å². The molecule has 1 aromatic carbocycles. The van der Waals surface area contributed by atoms with Crippen LogP contribution in [0.4, 0.5) is 0 Å². The molecule has 0 N–H and O–H groups in total. The smallest absolute Gasteiger partial charge is 1.00 e. The van der Waals surface area contributed by atoms with Crippen LogP contribution in [-0.4, -0.2) is 13.2 Å². The third kappa shape index (κ3) is 6.53. The summed E-state index contributed by atoms with van der Waals surface area (Å²) in [5.41, 5.74) is 1.35. The first-order valence-electron chi connectivity index (χ1n) is 4.75. The fraction of sp³-hybridized carbons (Fsp3) is 0.455. The van der Waals surface area contributed by atoms with Crippen molar-refractivity contribution in [2.24, 2.45) is 0 Å². The Morgan fingerprint density at radius 1 is 1.07 bits per heavy atom. The number of ether oxygens (including phenoxy) is 1. The van der Waals surface area contributed by atoms with Crippen molar-refractivity contribution < 1.29 is 35.4 Å². The molecule has 1 heterocycles. The Hall–Kier alpha value is 0.0934. The molecule has 1 aliphatic rings. The predicted molar refractivity (Wildman–Crippen MR) is 50.9 cm³/mol. The van der Waals surface area contributed by atoms with E-state index in [-0.39, 0.29) is 12.4 Å². The van der Waals surface area contributed by atoms with Gasteiger partial charge in [-0.2, -0.15) is 0 Å². The molecule has 1 aliphatic heterocycles. The summed E-state index contributed by atoms with van der Waals surface area (Å²) in [6.07, 6.45) is 2.56. The molecule has 0 radical (unpaired) electrons. The van der Waals surface area contributed by atoms with E-state index in [4.69, 9.17) is 4.74 Å². The van der Waals surface area contributed by atoms with Crippen molar-refractivity contribution in [2.45, 2.75) is 19.8 Å². The summed E-state index contributed by atoms with van der Waals surface area (Å²) in [7, 11) is 0. The van der Waals surface area contributed by atoms with Crippen LogP contribution in [0.25, 0.3) is 0 Å². The molecule has 0 atom stereocenters. The van der Waals surface area contributed by atoms with Crippen LogP contribution in [0.2, 0.25) is 0 Å². The second-order valence-electron chi connectivity index (χ2n) is 3.31. The molecule has 0 spiro atoms. The van der Waals surface area contributed by atoms with Crippen LogP contribution in [0.15, 0.2) is 24.3 Å². The number of hydrogen-bond donors (Lipinski definition) is 0. The van der Waals surface area contributed by atoms with Gasteiger partial charge in [-0.25, -0.2) is 0 Å². The average Bonchev–Trinajstić information content (AvgIpc) is 2.68. The zero-order valence-corrected chi connectivity index (χ0v) is 12.4. The normalized spacial score (nSPS) is 13.9. The van der Waals surface area contributed by atoms with Crippen LogP contribution < -0.4 is 16.6 Å². The monoisotopic (exact) mass is 262 g/mol. The summed E-state index contributed by atoms with van der Waals surface area (Å²) >= 11 is 1.26. The van der Waals surface area contributed by atoms with E-state index in [1.54, 1.807) is 0 Å². The van der Waals surface area contributed by atoms with Crippen LogP contribution in [0.3, 0.4) is 0 Å². The SMILES string of the molecule is C1CCOC1.Cc1cc[c]([Zn+])cc1.[Cl-]. The quantitative estimate of drug-likeness (QED) is 0.544. The van der Waals surface area contributed by atoms with E-state index in [0.29, 0.717) is 0 Å². The van der Waals surface area contributed by atoms with Crippen molar-refractivity contribution in [1.29, 1.82) is 0 Å². The summed E-state index contributed by atoms with van der Waals surface area (Å²) in [4.78, 5) is 0. The van der Waals surface area contributed by atoms with E-state index >= 15 is 0 Å². The minimum absolute atomic E-state index is 0. The van der Waals surface area contributed by atoms with Crippen molar-refractivity contribution in [3.63, 3.8) is 0 Å². The molecular formula is C11H15ClOZn. The molecular weight excluding hydrogens is 249 g/mol. The van der Waals surface area contributed by atoms with Crippen molar-refractivity contribution >= 4 is 4.16 Å². The Morgan fingerprint density at radius 2 is 1.57 bits per heavy atom. The first-order chi connectivity index (χ1) is 6.29. The molecule has 74 valence electrons. The van der Waals surface area contributed by atoms with E-state index < -0.39 is 0 Å². The molecule has 1 fully saturated rings. The largest absolute Gasteiger partial charge is 1.00 e. The molecule has 0 unspecified atom stereocenters. The number of halogens is 1. The van der Waals surface area contributed by atoms with Crippen molar-refractivity contribution in [1.82, 2.24) is 0 Å². The zero-order chi connectivity index (χ0) is 9.52. The Kier molecular flexibility index (Phi) is 8.46. The molecule has 0 saturated carbocycles. The Morgan fingerprint density at radius 3 is 1.86 bits per heavy atom. The fourth-order valence-electron chi connectivity index (χ4n) is 1.10. The van der Waals surface area contributed by atoms with Crippen LogP contribution in [0.1, 0.15) is 18.4 Å². The number of aryl methyl sites for hydroxylation is 1. The summed E-state index contributed by atoms with van der Waals surface area (Å²) in [6.45, 7) is 4.11. The van der Waals surface area contributed by atoms with Gasteiger partial charge in [0, 0.05) is 13.2 Å². The van der Waals surface area contributed by atoms with Gasteiger partial charge in [-0.3, -0.25) is 0 Å². The molecule has 0 aromatic heterocycles. The second kappa shape index (κ2) is 8.41. The van der Waals surface area contributed by atoms with Gasteiger partial charge in [0.2, 0.25) is 0 Å². The van der Waals surface area contributed by atoms with Gasteiger partial charge < -0.3 is 17.1 Å². The van der Waals surface area contributed by atoms with Crippen LogP contribution >= 0.6 is 0 Å². The molecule has 1 nitrogen and oxygen atoms in total. The molecule has 0 aliphatic carbocycles. The molecule has 0 amide bonds. The van der Waals surface area contributed by atoms with Gasteiger partial charge in [0.15, 0.2) is 0 Å².